The molecule has 1 aliphatic carbocycles. The van der Waals surface area contributed by atoms with Gasteiger partial charge in [-0.25, -0.2) is 4.98 Å². The van der Waals surface area contributed by atoms with Crippen LogP contribution < -0.4 is 0 Å². The van der Waals surface area contributed by atoms with Gasteiger partial charge in [0.1, 0.15) is 11.6 Å². The molecular weight excluding hydrogens is 452 g/mol. The third-order valence-corrected chi connectivity index (χ3v) is 8.28. The van der Waals surface area contributed by atoms with E-state index in [4.69, 9.17) is 4.98 Å². The van der Waals surface area contributed by atoms with Crippen molar-refractivity contribution in [1.82, 2.24) is 9.55 Å². The molecular formula is C34H40N2O. The predicted molar refractivity (Wildman–Crippen MR) is 156 cm³/mol. The number of hydrogen-bond donors (Lipinski definition) is 1. The Labute approximate surface area is 221 Å². The van der Waals surface area contributed by atoms with Crippen LogP contribution in [-0.2, 0) is 5.41 Å². The molecule has 3 heteroatoms. The average molecular weight is 493 g/mol. The topological polar surface area (TPSA) is 38.0 Å². The fourth-order valence-corrected chi connectivity index (χ4v) is 5.62. The number of rotatable bonds is 3. The molecule has 192 valence electrons. The second-order valence-electron chi connectivity index (χ2n) is 13.3. The van der Waals surface area contributed by atoms with Crippen LogP contribution in [0.2, 0.25) is 0 Å². The number of para-hydroxylation sites is 1. The highest BCUT2D eigenvalue weighted by Crippen LogP contribution is 2.47. The Kier molecular flexibility index (Phi) is 5.90. The summed E-state index contributed by atoms with van der Waals surface area (Å²) in [6.07, 6.45) is 7.97. The average Bonchev–Trinajstić information content (AvgIpc) is 3.16. The summed E-state index contributed by atoms with van der Waals surface area (Å²) >= 11 is 0. The summed E-state index contributed by atoms with van der Waals surface area (Å²) < 4.78 is 2.18. The molecule has 1 aliphatic rings. The van der Waals surface area contributed by atoms with Crippen molar-refractivity contribution in [2.24, 2.45) is 16.7 Å². The first-order valence-electron chi connectivity index (χ1n) is 13.4. The first kappa shape index (κ1) is 25.3. The summed E-state index contributed by atoms with van der Waals surface area (Å²) in [6.45, 7) is 18.7. The second kappa shape index (κ2) is 8.62. The van der Waals surface area contributed by atoms with Crippen LogP contribution >= 0.6 is 0 Å². The van der Waals surface area contributed by atoms with E-state index >= 15 is 0 Å². The van der Waals surface area contributed by atoms with Crippen molar-refractivity contribution in [2.45, 2.75) is 67.2 Å². The molecule has 1 unspecified atom stereocenters. The summed E-state index contributed by atoms with van der Waals surface area (Å²) in [6, 6.07) is 18.4. The molecule has 1 atom stereocenters. The minimum Gasteiger partial charge on any atom is -0.508 e. The van der Waals surface area contributed by atoms with Crippen LogP contribution in [0.4, 0.5) is 0 Å². The molecule has 2 aromatic heterocycles. The van der Waals surface area contributed by atoms with Crippen LogP contribution in [0.25, 0.3) is 27.6 Å². The van der Waals surface area contributed by atoms with Gasteiger partial charge in [0.05, 0.1) is 11.0 Å². The Morgan fingerprint density at radius 3 is 2.22 bits per heavy atom. The van der Waals surface area contributed by atoms with Gasteiger partial charge in [-0.3, -0.25) is 4.57 Å². The van der Waals surface area contributed by atoms with Crippen molar-refractivity contribution in [3.05, 3.63) is 89.7 Å². The lowest BCUT2D eigenvalue weighted by Gasteiger charge is -2.41. The van der Waals surface area contributed by atoms with Crippen LogP contribution in [0.5, 0.6) is 5.75 Å². The summed E-state index contributed by atoms with van der Waals surface area (Å²) in [5.74, 6) is 1.51. The molecule has 0 fully saturated rings. The lowest BCUT2D eigenvalue weighted by atomic mass is 9.64. The fourth-order valence-electron chi connectivity index (χ4n) is 5.62. The minimum atomic E-state index is -0.0974. The van der Waals surface area contributed by atoms with E-state index in [1.165, 1.54) is 16.7 Å². The highest BCUT2D eigenvalue weighted by molar-refractivity contribution is 6.09. The number of allylic oxidation sites excluding steroid dienone is 4. The van der Waals surface area contributed by atoms with Crippen molar-refractivity contribution in [1.29, 1.82) is 0 Å². The summed E-state index contributed by atoms with van der Waals surface area (Å²) in [7, 11) is 0. The molecule has 4 aromatic rings. The zero-order chi connectivity index (χ0) is 26.8. The van der Waals surface area contributed by atoms with E-state index in [-0.39, 0.29) is 22.0 Å². The van der Waals surface area contributed by atoms with E-state index in [9.17, 15) is 5.11 Å². The highest BCUT2D eigenvalue weighted by atomic mass is 16.3. The number of nitrogens with zero attached hydrogens (tertiary/aromatic N) is 2. The number of aromatic nitrogens is 2. The van der Waals surface area contributed by atoms with Gasteiger partial charge in [-0.1, -0.05) is 91.3 Å². The molecule has 5 rings (SSSR count). The lowest BCUT2D eigenvalue weighted by Crippen LogP contribution is -2.32. The minimum absolute atomic E-state index is 0.0969. The van der Waals surface area contributed by atoms with E-state index in [0.717, 1.165) is 34.0 Å². The third kappa shape index (κ3) is 4.50. The van der Waals surface area contributed by atoms with E-state index in [1.54, 1.807) is 6.07 Å². The van der Waals surface area contributed by atoms with Gasteiger partial charge in [0.25, 0.3) is 0 Å². The predicted octanol–water partition coefficient (Wildman–Crippen LogP) is 9.13. The van der Waals surface area contributed by atoms with E-state index in [1.807, 2.05) is 18.3 Å². The van der Waals surface area contributed by atoms with Crippen molar-refractivity contribution < 1.29 is 5.11 Å². The first-order chi connectivity index (χ1) is 17.3. The van der Waals surface area contributed by atoms with Gasteiger partial charge in [0.2, 0.25) is 0 Å². The van der Waals surface area contributed by atoms with Crippen molar-refractivity contribution in [2.75, 3.05) is 0 Å². The van der Waals surface area contributed by atoms with Crippen LogP contribution in [-0.4, -0.2) is 14.7 Å². The Balaban J connectivity index is 1.64. The Morgan fingerprint density at radius 2 is 1.51 bits per heavy atom. The maximum absolute atomic E-state index is 10.3. The van der Waals surface area contributed by atoms with Gasteiger partial charge < -0.3 is 5.11 Å². The third-order valence-electron chi connectivity index (χ3n) is 8.28. The number of hydrogen-bond acceptors (Lipinski definition) is 2. The highest BCUT2D eigenvalue weighted by Gasteiger charge is 2.36. The standard InChI is InChI=1S/C34H40N2O/c1-32(2,3)23-17-24(33(4,5)6)19-25(18-23)34(7,8)22-15-16-35-31(20-22)36-29-12-10-9-11-27(29)28-14-13-26(37)21-30(28)36/h9-18,20-21,25,37H,19H2,1-8H3. The normalized spacial score (nSPS) is 17.2. The van der Waals surface area contributed by atoms with E-state index in [0.29, 0.717) is 5.92 Å². The monoisotopic (exact) mass is 492 g/mol. The molecule has 0 saturated carbocycles. The van der Waals surface area contributed by atoms with Gasteiger partial charge in [0.15, 0.2) is 0 Å². The van der Waals surface area contributed by atoms with Crippen molar-refractivity contribution in [3.8, 4) is 11.6 Å². The number of aromatic hydroxyl groups is 1. The summed E-state index contributed by atoms with van der Waals surface area (Å²) in [5.41, 5.74) is 6.41. The smallest absolute Gasteiger partial charge is 0.137 e. The molecule has 0 spiro atoms. The van der Waals surface area contributed by atoms with Gasteiger partial charge in [0, 0.05) is 23.0 Å². The van der Waals surface area contributed by atoms with Gasteiger partial charge in [-0.15, -0.1) is 0 Å². The number of phenols is 1. The van der Waals surface area contributed by atoms with Crippen LogP contribution in [0.15, 0.2) is 84.1 Å². The van der Waals surface area contributed by atoms with E-state index < -0.39 is 0 Å². The molecule has 0 amide bonds. The number of phenolic OH excluding ortho intramolecular Hbond substituents is 1. The molecule has 1 N–H and O–H groups in total. The molecule has 3 nitrogen and oxygen atoms in total. The van der Waals surface area contributed by atoms with E-state index in [2.05, 4.69) is 109 Å². The van der Waals surface area contributed by atoms with Crippen molar-refractivity contribution >= 4 is 21.8 Å². The molecule has 0 aliphatic heterocycles. The van der Waals surface area contributed by atoms with Crippen LogP contribution in [0.3, 0.4) is 0 Å². The Morgan fingerprint density at radius 1 is 0.811 bits per heavy atom. The maximum Gasteiger partial charge on any atom is 0.137 e. The summed E-state index contributed by atoms with van der Waals surface area (Å²) in [4.78, 5) is 4.83. The number of benzene rings is 2. The lowest BCUT2D eigenvalue weighted by molar-refractivity contribution is 0.338. The first-order valence-corrected chi connectivity index (χ1v) is 13.4. The quantitative estimate of drug-likeness (QED) is 0.310. The second-order valence-corrected chi connectivity index (χ2v) is 13.3. The molecule has 37 heavy (non-hydrogen) atoms. The van der Waals surface area contributed by atoms with Crippen molar-refractivity contribution in [3.63, 3.8) is 0 Å². The Hall–Kier alpha value is -3.33. The zero-order valence-corrected chi connectivity index (χ0v) is 23.6. The SMILES string of the molecule is CC(C)(C)C1=CC(C(C)(C)c2ccnc(-n3c4ccccc4c4ccc(O)cc43)c2)CC(C(C)(C)C)=C1. The maximum atomic E-state index is 10.3. The molecule has 0 bridgehead atoms. The zero-order valence-electron chi connectivity index (χ0n) is 23.6. The number of fused-ring (bicyclic) bond motifs is 3. The van der Waals surface area contributed by atoms with Crippen LogP contribution in [0, 0.1) is 16.7 Å². The molecule has 0 radical (unpaired) electrons. The molecule has 2 aromatic carbocycles. The Bertz CT molecular complexity index is 1550. The van der Waals surface area contributed by atoms with Crippen LogP contribution in [0.1, 0.15) is 67.4 Å². The van der Waals surface area contributed by atoms with Gasteiger partial charge >= 0.3 is 0 Å². The van der Waals surface area contributed by atoms with Gasteiger partial charge in [-0.05, 0) is 70.1 Å². The largest absolute Gasteiger partial charge is 0.508 e. The molecule has 2 heterocycles. The summed E-state index contributed by atoms with van der Waals surface area (Å²) in [5, 5.41) is 12.6. The fraction of sp³-hybridized carbons (Fsp3) is 0.382. The molecule has 0 saturated heterocycles. The van der Waals surface area contributed by atoms with Gasteiger partial charge in [-0.2, -0.15) is 0 Å². The number of pyridine rings is 1.